The Morgan fingerprint density at radius 1 is 1.34 bits per heavy atom. The van der Waals surface area contributed by atoms with Gasteiger partial charge in [0.1, 0.15) is 10.7 Å². The summed E-state index contributed by atoms with van der Waals surface area (Å²) in [4.78, 5) is 37.9. The van der Waals surface area contributed by atoms with E-state index in [1.54, 1.807) is 11.8 Å². The van der Waals surface area contributed by atoms with Crippen LogP contribution in [0.25, 0.3) is 10.2 Å². The van der Waals surface area contributed by atoms with E-state index in [0.717, 1.165) is 0 Å². The van der Waals surface area contributed by atoms with Crippen molar-refractivity contribution in [1.82, 2.24) is 20.2 Å². The van der Waals surface area contributed by atoms with Gasteiger partial charge in [-0.3, -0.25) is 14.5 Å². The smallest absolute Gasteiger partial charge is 0.261 e. The highest BCUT2D eigenvalue weighted by Crippen LogP contribution is 2.30. The van der Waals surface area contributed by atoms with E-state index in [2.05, 4.69) is 66.2 Å². The number of amides is 1. The van der Waals surface area contributed by atoms with E-state index >= 15 is 0 Å². The molecule has 1 aliphatic carbocycles. The second-order valence-electron chi connectivity index (χ2n) is 8.76. The zero-order valence-corrected chi connectivity index (χ0v) is 20.9. The summed E-state index contributed by atoms with van der Waals surface area (Å²) < 4.78 is 0. The van der Waals surface area contributed by atoms with Crippen molar-refractivity contribution in [3.8, 4) is 0 Å². The lowest BCUT2D eigenvalue weighted by Crippen LogP contribution is -2.41. The number of aromatic amines is 1. The number of thiophene rings is 1. The van der Waals surface area contributed by atoms with Crippen molar-refractivity contribution in [3.05, 3.63) is 55.9 Å². The average molecular weight is 471 g/mol. The molecule has 0 aliphatic heterocycles. The van der Waals surface area contributed by atoms with Crippen LogP contribution in [0.5, 0.6) is 0 Å². The third-order valence-electron chi connectivity index (χ3n) is 6.14. The van der Waals surface area contributed by atoms with Gasteiger partial charge in [-0.2, -0.15) is 0 Å². The molecule has 2 heterocycles. The lowest BCUT2D eigenvalue weighted by Gasteiger charge is -2.24. The van der Waals surface area contributed by atoms with Crippen LogP contribution in [0.1, 0.15) is 52.0 Å². The lowest BCUT2D eigenvalue weighted by atomic mass is 10.2. The molecular weight excluding hydrogens is 440 g/mol. The molecule has 0 saturated heterocycles. The minimum absolute atomic E-state index is 0.132. The molecule has 1 aliphatic rings. The summed E-state index contributed by atoms with van der Waals surface area (Å²) in [5, 5.41) is 3.56. The van der Waals surface area contributed by atoms with Crippen LogP contribution in [-0.2, 0) is 5.75 Å². The Morgan fingerprint density at radius 3 is 2.81 bits per heavy atom. The van der Waals surface area contributed by atoms with Gasteiger partial charge in [-0.05, 0) is 64.8 Å². The van der Waals surface area contributed by atoms with Crippen LogP contribution in [0, 0.1) is 20.8 Å². The molecule has 0 spiro atoms. The Labute approximate surface area is 196 Å². The Balaban J connectivity index is 1.50. The SMILES string of the molecule is Cc1ccc(C)c(SCc2nc3sc(C(=O)NCC(C)N(C)C4CC4)c(C)c3c(=O)[nH]2)c1. The summed E-state index contributed by atoms with van der Waals surface area (Å²) in [5.41, 5.74) is 2.93. The van der Waals surface area contributed by atoms with Crippen LogP contribution in [0.2, 0.25) is 0 Å². The van der Waals surface area contributed by atoms with Crippen LogP contribution in [-0.4, -0.2) is 46.5 Å². The number of likely N-dealkylation sites (N-methyl/N-ethyl adjacent to an activating group) is 1. The monoisotopic (exact) mass is 470 g/mol. The number of aromatic nitrogens is 2. The Bertz CT molecular complexity index is 1210. The fraction of sp³-hybridized carbons (Fsp3) is 0.458. The zero-order valence-electron chi connectivity index (χ0n) is 19.2. The van der Waals surface area contributed by atoms with Gasteiger partial charge in [0.25, 0.3) is 11.5 Å². The first kappa shape index (κ1) is 23.0. The summed E-state index contributed by atoms with van der Waals surface area (Å²) in [6.07, 6.45) is 2.48. The molecule has 8 heteroatoms. The number of benzene rings is 1. The van der Waals surface area contributed by atoms with E-state index in [4.69, 9.17) is 0 Å². The number of hydrogen-bond acceptors (Lipinski definition) is 6. The predicted octanol–water partition coefficient (Wildman–Crippen LogP) is 4.41. The summed E-state index contributed by atoms with van der Waals surface area (Å²) in [6, 6.07) is 7.27. The molecule has 32 heavy (non-hydrogen) atoms. The third-order valence-corrected chi connectivity index (χ3v) is 8.49. The van der Waals surface area contributed by atoms with E-state index in [9.17, 15) is 9.59 Å². The predicted molar refractivity (Wildman–Crippen MR) is 133 cm³/mol. The van der Waals surface area contributed by atoms with Gasteiger partial charge in [0.15, 0.2) is 0 Å². The molecule has 0 bridgehead atoms. The maximum atomic E-state index is 12.9. The van der Waals surface area contributed by atoms with Crippen LogP contribution >= 0.6 is 23.1 Å². The molecule has 6 nitrogen and oxygen atoms in total. The fourth-order valence-electron chi connectivity index (χ4n) is 3.79. The molecule has 3 aromatic rings. The number of nitrogens with one attached hydrogen (secondary N) is 2. The minimum Gasteiger partial charge on any atom is -0.350 e. The molecular formula is C24H30N4O2S2. The maximum Gasteiger partial charge on any atom is 0.261 e. The van der Waals surface area contributed by atoms with Crippen LogP contribution in [0.15, 0.2) is 27.9 Å². The highest BCUT2D eigenvalue weighted by atomic mass is 32.2. The van der Waals surface area contributed by atoms with Gasteiger partial charge in [0, 0.05) is 23.5 Å². The van der Waals surface area contributed by atoms with Gasteiger partial charge in [-0.25, -0.2) is 4.98 Å². The van der Waals surface area contributed by atoms with Crippen LogP contribution < -0.4 is 10.9 Å². The average Bonchev–Trinajstić information content (AvgIpc) is 3.55. The largest absolute Gasteiger partial charge is 0.350 e. The number of rotatable bonds is 8. The van der Waals surface area contributed by atoms with Gasteiger partial charge in [-0.1, -0.05) is 17.7 Å². The van der Waals surface area contributed by atoms with Crippen molar-refractivity contribution in [2.45, 2.75) is 63.3 Å². The number of thioether (sulfide) groups is 1. The lowest BCUT2D eigenvalue weighted by molar-refractivity contribution is 0.0943. The molecule has 4 rings (SSSR count). The maximum absolute atomic E-state index is 12.9. The molecule has 1 aromatic carbocycles. The second kappa shape index (κ2) is 9.37. The Hall–Kier alpha value is -2.16. The molecule has 1 amide bonds. The van der Waals surface area contributed by atoms with Crippen molar-refractivity contribution >= 4 is 39.2 Å². The summed E-state index contributed by atoms with van der Waals surface area (Å²) in [6.45, 7) is 8.69. The van der Waals surface area contributed by atoms with Crippen LogP contribution in [0.4, 0.5) is 0 Å². The highest BCUT2D eigenvalue weighted by Gasteiger charge is 2.29. The van der Waals surface area contributed by atoms with E-state index < -0.39 is 0 Å². The fourth-order valence-corrected chi connectivity index (χ4v) is 5.90. The van der Waals surface area contributed by atoms with Gasteiger partial charge in [-0.15, -0.1) is 23.1 Å². The molecule has 1 saturated carbocycles. The van der Waals surface area contributed by atoms with Crippen molar-refractivity contribution in [2.24, 2.45) is 0 Å². The molecule has 1 unspecified atom stereocenters. The molecule has 2 aromatic heterocycles. The minimum atomic E-state index is -0.179. The first-order chi connectivity index (χ1) is 15.2. The number of nitrogens with zero attached hydrogens (tertiary/aromatic N) is 2. The summed E-state index contributed by atoms with van der Waals surface area (Å²) in [5.74, 6) is 1.06. The van der Waals surface area contributed by atoms with E-state index in [1.165, 1.54) is 40.2 Å². The number of carbonyl (C=O) groups excluding carboxylic acids is 1. The number of H-pyrrole nitrogens is 1. The highest BCUT2D eigenvalue weighted by molar-refractivity contribution is 7.98. The van der Waals surface area contributed by atoms with Crippen molar-refractivity contribution in [3.63, 3.8) is 0 Å². The molecule has 1 fully saturated rings. The first-order valence-electron chi connectivity index (χ1n) is 11.0. The van der Waals surface area contributed by atoms with Crippen molar-refractivity contribution in [1.29, 1.82) is 0 Å². The first-order valence-corrected chi connectivity index (χ1v) is 12.8. The number of hydrogen-bond donors (Lipinski definition) is 2. The zero-order chi connectivity index (χ0) is 23.0. The number of carbonyl (C=O) groups is 1. The standard InChI is InChI=1S/C24H30N4O2S2/c1-13-6-7-14(2)18(10-13)31-12-19-26-22(29)20-16(4)21(32-24(20)27-19)23(30)25-11-15(3)28(5)17-8-9-17/h6-7,10,15,17H,8-9,11-12H2,1-5H3,(H,25,30)(H,26,27,29). The van der Waals surface area contributed by atoms with Gasteiger partial charge in [0.2, 0.25) is 0 Å². The Kier molecular flexibility index (Phi) is 6.74. The van der Waals surface area contributed by atoms with E-state index in [-0.39, 0.29) is 17.5 Å². The van der Waals surface area contributed by atoms with Crippen molar-refractivity contribution in [2.75, 3.05) is 13.6 Å². The molecule has 1 atom stereocenters. The van der Waals surface area contributed by atoms with E-state index in [0.29, 0.717) is 44.8 Å². The second-order valence-corrected chi connectivity index (χ2v) is 10.8. The quantitative estimate of drug-likeness (QED) is 0.477. The Morgan fingerprint density at radius 2 is 2.09 bits per heavy atom. The van der Waals surface area contributed by atoms with Gasteiger partial charge >= 0.3 is 0 Å². The molecule has 2 N–H and O–H groups in total. The topological polar surface area (TPSA) is 78.1 Å². The number of fused-ring (bicyclic) bond motifs is 1. The van der Waals surface area contributed by atoms with Gasteiger partial charge in [0.05, 0.1) is 16.0 Å². The summed E-state index contributed by atoms with van der Waals surface area (Å²) in [7, 11) is 2.11. The van der Waals surface area contributed by atoms with E-state index in [1.807, 2.05) is 6.92 Å². The normalized spacial score (nSPS) is 14.8. The molecule has 0 radical (unpaired) electrons. The van der Waals surface area contributed by atoms with Gasteiger partial charge < -0.3 is 10.3 Å². The molecule has 170 valence electrons. The van der Waals surface area contributed by atoms with Crippen LogP contribution in [0.3, 0.4) is 0 Å². The van der Waals surface area contributed by atoms with Crippen molar-refractivity contribution < 1.29 is 4.79 Å². The third kappa shape index (κ3) is 4.92. The number of aryl methyl sites for hydroxylation is 3. The summed E-state index contributed by atoms with van der Waals surface area (Å²) >= 11 is 2.96.